The highest BCUT2D eigenvalue weighted by molar-refractivity contribution is 5.92. The van der Waals surface area contributed by atoms with Gasteiger partial charge in [0.25, 0.3) is 0 Å². The van der Waals surface area contributed by atoms with Crippen molar-refractivity contribution in [2.24, 2.45) is 0 Å². The Morgan fingerprint density at radius 3 is 2.57 bits per heavy atom. The van der Waals surface area contributed by atoms with Gasteiger partial charge in [-0.25, -0.2) is 4.79 Å². The van der Waals surface area contributed by atoms with E-state index in [4.69, 9.17) is 5.73 Å². The quantitative estimate of drug-likeness (QED) is 0.754. The van der Waals surface area contributed by atoms with Crippen LogP contribution in [0.3, 0.4) is 0 Å². The first-order valence-electron chi connectivity index (χ1n) is 7.01. The van der Waals surface area contributed by atoms with E-state index in [1.165, 1.54) is 11.1 Å². The number of carbonyl (C=O) groups excluding carboxylic acids is 1. The Hall–Kier alpha value is -2.49. The molecule has 0 spiro atoms. The molecular weight excluding hydrogens is 262 g/mol. The summed E-state index contributed by atoms with van der Waals surface area (Å²) in [7, 11) is 0. The third kappa shape index (κ3) is 4.53. The van der Waals surface area contributed by atoms with Crippen molar-refractivity contribution in [3.8, 4) is 0 Å². The second-order valence-electron chi connectivity index (χ2n) is 5.21. The minimum atomic E-state index is -0.238. The maximum atomic E-state index is 11.8. The highest BCUT2D eigenvalue weighted by atomic mass is 16.2. The molecule has 110 valence electrons. The maximum absolute atomic E-state index is 11.8. The molecule has 0 aliphatic heterocycles. The van der Waals surface area contributed by atoms with E-state index < -0.39 is 0 Å². The molecule has 2 rings (SSSR count). The molecule has 2 aromatic rings. The van der Waals surface area contributed by atoms with Crippen molar-refractivity contribution in [2.75, 3.05) is 17.6 Å². The fraction of sp³-hybridized carbons (Fsp3) is 0.235. The summed E-state index contributed by atoms with van der Waals surface area (Å²) in [5.41, 5.74) is 10.6. The molecule has 21 heavy (non-hydrogen) atoms. The lowest BCUT2D eigenvalue weighted by atomic mass is 10.1. The molecule has 0 aliphatic carbocycles. The third-order valence-corrected chi connectivity index (χ3v) is 3.24. The first-order valence-corrected chi connectivity index (χ1v) is 7.01. The van der Waals surface area contributed by atoms with E-state index in [2.05, 4.69) is 35.8 Å². The van der Waals surface area contributed by atoms with Crippen molar-refractivity contribution in [1.82, 2.24) is 5.32 Å². The minimum absolute atomic E-state index is 0.238. The van der Waals surface area contributed by atoms with Gasteiger partial charge in [-0.1, -0.05) is 35.9 Å². The summed E-state index contributed by atoms with van der Waals surface area (Å²) < 4.78 is 0. The summed E-state index contributed by atoms with van der Waals surface area (Å²) in [6, 6.07) is 13.6. The molecule has 0 unspecified atom stereocenters. The van der Waals surface area contributed by atoms with Crippen molar-refractivity contribution in [2.45, 2.75) is 20.3 Å². The van der Waals surface area contributed by atoms with Gasteiger partial charge in [-0.15, -0.1) is 0 Å². The molecule has 4 N–H and O–H groups in total. The van der Waals surface area contributed by atoms with Gasteiger partial charge in [0.15, 0.2) is 0 Å². The maximum Gasteiger partial charge on any atom is 0.319 e. The lowest BCUT2D eigenvalue weighted by Crippen LogP contribution is -2.30. The van der Waals surface area contributed by atoms with E-state index >= 15 is 0 Å². The Morgan fingerprint density at radius 2 is 1.86 bits per heavy atom. The van der Waals surface area contributed by atoms with Crippen LogP contribution in [0.25, 0.3) is 0 Å². The van der Waals surface area contributed by atoms with Gasteiger partial charge in [-0.3, -0.25) is 0 Å². The van der Waals surface area contributed by atoms with Crippen molar-refractivity contribution in [3.05, 3.63) is 59.2 Å². The van der Waals surface area contributed by atoms with Crippen LogP contribution < -0.4 is 16.4 Å². The van der Waals surface area contributed by atoms with Crippen LogP contribution in [0, 0.1) is 13.8 Å². The molecule has 4 heteroatoms. The Morgan fingerprint density at radius 1 is 1.10 bits per heavy atom. The van der Waals surface area contributed by atoms with Crippen LogP contribution in [0.2, 0.25) is 0 Å². The largest absolute Gasteiger partial charge is 0.397 e. The highest BCUT2D eigenvalue weighted by Gasteiger charge is 2.04. The van der Waals surface area contributed by atoms with E-state index in [1.54, 1.807) is 0 Å². The first kappa shape index (κ1) is 14.9. The number of benzene rings is 2. The molecule has 4 nitrogen and oxygen atoms in total. The monoisotopic (exact) mass is 283 g/mol. The standard InChI is InChI=1S/C17H21N3O/c1-12-4-3-5-14(10-12)8-9-19-17(21)20-16-7-6-13(2)11-15(16)18/h3-7,10-11H,8-9,18H2,1-2H3,(H2,19,20,21). The van der Waals surface area contributed by atoms with Crippen molar-refractivity contribution in [1.29, 1.82) is 0 Å². The topological polar surface area (TPSA) is 67.2 Å². The molecule has 0 aromatic heterocycles. The molecule has 0 saturated carbocycles. The van der Waals surface area contributed by atoms with Crippen LogP contribution >= 0.6 is 0 Å². The Balaban J connectivity index is 1.82. The highest BCUT2D eigenvalue weighted by Crippen LogP contribution is 2.19. The number of nitrogen functional groups attached to an aromatic ring is 1. The van der Waals surface area contributed by atoms with Gasteiger partial charge in [-0.05, 0) is 43.5 Å². The summed E-state index contributed by atoms with van der Waals surface area (Å²) >= 11 is 0. The Bertz CT molecular complexity index is 638. The summed E-state index contributed by atoms with van der Waals surface area (Å²) in [4.78, 5) is 11.8. The number of anilines is 2. The number of aryl methyl sites for hydroxylation is 2. The zero-order chi connectivity index (χ0) is 15.2. The summed E-state index contributed by atoms with van der Waals surface area (Å²) in [5, 5.41) is 5.60. The van der Waals surface area contributed by atoms with E-state index in [-0.39, 0.29) is 6.03 Å². The number of hydrogen-bond acceptors (Lipinski definition) is 2. The average molecular weight is 283 g/mol. The van der Waals surface area contributed by atoms with E-state index in [9.17, 15) is 4.79 Å². The average Bonchev–Trinajstić information content (AvgIpc) is 2.42. The smallest absolute Gasteiger partial charge is 0.319 e. The van der Waals surface area contributed by atoms with Gasteiger partial charge >= 0.3 is 6.03 Å². The number of urea groups is 1. The molecule has 0 fully saturated rings. The van der Waals surface area contributed by atoms with Crippen LogP contribution in [-0.4, -0.2) is 12.6 Å². The molecule has 0 bridgehead atoms. The minimum Gasteiger partial charge on any atom is -0.397 e. The zero-order valence-electron chi connectivity index (χ0n) is 12.4. The predicted octanol–water partition coefficient (Wildman–Crippen LogP) is 3.25. The van der Waals surface area contributed by atoms with Crippen molar-refractivity contribution < 1.29 is 4.79 Å². The molecular formula is C17H21N3O. The number of amides is 2. The van der Waals surface area contributed by atoms with E-state index in [0.717, 1.165) is 12.0 Å². The number of carbonyl (C=O) groups is 1. The number of nitrogens with two attached hydrogens (primary N) is 1. The predicted molar refractivity (Wildman–Crippen MR) is 87.5 cm³/mol. The van der Waals surface area contributed by atoms with Gasteiger partial charge < -0.3 is 16.4 Å². The summed E-state index contributed by atoms with van der Waals surface area (Å²) in [6.45, 7) is 4.60. The van der Waals surface area contributed by atoms with Gasteiger partial charge in [-0.2, -0.15) is 0 Å². The van der Waals surface area contributed by atoms with E-state index in [1.807, 2.05) is 31.2 Å². The first-order chi connectivity index (χ1) is 10.0. The molecule has 0 saturated heterocycles. The lowest BCUT2D eigenvalue weighted by Gasteiger charge is -2.10. The van der Waals surface area contributed by atoms with Gasteiger partial charge in [0, 0.05) is 6.54 Å². The van der Waals surface area contributed by atoms with Crippen molar-refractivity contribution in [3.63, 3.8) is 0 Å². The lowest BCUT2D eigenvalue weighted by molar-refractivity contribution is 0.252. The number of hydrogen-bond donors (Lipinski definition) is 3. The Kier molecular flexibility index (Phi) is 4.82. The van der Waals surface area contributed by atoms with Crippen LogP contribution in [0.15, 0.2) is 42.5 Å². The molecule has 2 amide bonds. The molecule has 0 atom stereocenters. The van der Waals surface area contributed by atoms with Crippen LogP contribution in [-0.2, 0) is 6.42 Å². The fourth-order valence-electron chi connectivity index (χ4n) is 2.15. The Labute approximate surface area is 125 Å². The second kappa shape index (κ2) is 6.79. The summed E-state index contributed by atoms with van der Waals surface area (Å²) in [6.07, 6.45) is 0.804. The molecule has 0 aliphatic rings. The molecule has 0 heterocycles. The fourth-order valence-corrected chi connectivity index (χ4v) is 2.15. The molecule has 2 aromatic carbocycles. The summed E-state index contributed by atoms with van der Waals surface area (Å²) in [5.74, 6) is 0. The number of nitrogens with one attached hydrogen (secondary N) is 2. The van der Waals surface area contributed by atoms with Crippen LogP contribution in [0.5, 0.6) is 0 Å². The van der Waals surface area contributed by atoms with Gasteiger partial charge in [0.2, 0.25) is 0 Å². The zero-order valence-corrected chi connectivity index (χ0v) is 12.4. The van der Waals surface area contributed by atoms with Crippen molar-refractivity contribution >= 4 is 17.4 Å². The second-order valence-corrected chi connectivity index (χ2v) is 5.21. The third-order valence-electron chi connectivity index (χ3n) is 3.24. The normalized spacial score (nSPS) is 10.2. The number of rotatable bonds is 4. The van der Waals surface area contributed by atoms with Gasteiger partial charge in [0.05, 0.1) is 11.4 Å². The van der Waals surface area contributed by atoms with Gasteiger partial charge in [0.1, 0.15) is 0 Å². The van der Waals surface area contributed by atoms with E-state index in [0.29, 0.717) is 17.9 Å². The SMILES string of the molecule is Cc1cccc(CCNC(=O)Nc2ccc(C)cc2N)c1. The molecule has 0 radical (unpaired) electrons. The van der Waals surface area contributed by atoms with Crippen LogP contribution in [0.1, 0.15) is 16.7 Å². The van der Waals surface area contributed by atoms with Crippen LogP contribution in [0.4, 0.5) is 16.2 Å².